The first kappa shape index (κ1) is 17.7. The molecule has 0 bridgehead atoms. The Morgan fingerprint density at radius 3 is 2.95 bits per heavy atom. The van der Waals surface area contributed by atoms with Gasteiger partial charge in [0.2, 0.25) is 0 Å². The monoisotopic (exact) mass is 306 g/mol. The molecule has 1 N–H and O–H groups in total. The van der Waals surface area contributed by atoms with Crippen LogP contribution in [0.4, 0.5) is 0 Å². The lowest BCUT2D eigenvalue weighted by Crippen LogP contribution is -2.53. The van der Waals surface area contributed by atoms with Gasteiger partial charge in [0, 0.05) is 32.3 Å². The van der Waals surface area contributed by atoms with Gasteiger partial charge in [-0.15, -0.1) is 12.4 Å². The molecule has 2 heterocycles. The van der Waals surface area contributed by atoms with Gasteiger partial charge in [0.25, 0.3) is 5.91 Å². The second kappa shape index (κ2) is 8.82. The normalized spacial score (nSPS) is 28.6. The minimum Gasteiger partial charge on any atom is -0.376 e. The van der Waals surface area contributed by atoms with Crippen LogP contribution in [-0.4, -0.2) is 61.9 Å². The molecule has 5 nitrogen and oxygen atoms in total. The molecule has 2 fully saturated rings. The van der Waals surface area contributed by atoms with Gasteiger partial charge in [-0.3, -0.25) is 4.79 Å². The SMILES string of the molecule is CC1CN(C(=O)C(C)OCC2CCCCO2)CCN1.Cl. The van der Waals surface area contributed by atoms with Crippen LogP contribution in [0.2, 0.25) is 0 Å². The minimum atomic E-state index is -0.365. The summed E-state index contributed by atoms with van der Waals surface area (Å²) in [5, 5.41) is 3.33. The maximum Gasteiger partial charge on any atom is 0.251 e. The van der Waals surface area contributed by atoms with Gasteiger partial charge in [-0.05, 0) is 33.1 Å². The first-order valence-electron chi connectivity index (χ1n) is 7.42. The van der Waals surface area contributed by atoms with Crippen LogP contribution in [0.5, 0.6) is 0 Å². The Hall–Kier alpha value is -0.360. The smallest absolute Gasteiger partial charge is 0.251 e. The fourth-order valence-corrected chi connectivity index (χ4v) is 2.65. The summed E-state index contributed by atoms with van der Waals surface area (Å²) in [6, 6.07) is 0.367. The average Bonchev–Trinajstić information content (AvgIpc) is 2.45. The molecule has 0 radical (unpaired) electrons. The third-order valence-electron chi connectivity index (χ3n) is 3.83. The third-order valence-corrected chi connectivity index (χ3v) is 3.83. The number of ether oxygens (including phenoxy) is 2. The molecule has 3 atom stereocenters. The lowest BCUT2D eigenvalue weighted by atomic mass is 10.1. The van der Waals surface area contributed by atoms with Crippen LogP contribution in [0, 0.1) is 0 Å². The van der Waals surface area contributed by atoms with Crippen molar-refractivity contribution in [2.24, 2.45) is 0 Å². The van der Waals surface area contributed by atoms with Crippen molar-refractivity contribution in [1.29, 1.82) is 0 Å². The van der Waals surface area contributed by atoms with Gasteiger partial charge in [-0.2, -0.15) is 0 Å². The molecule has 2 saturated heterocycles. The number of hydrogen-bond acceptors (Lipinski definition) is 4. The van der Waals surface area contributed by atoms with Crippen molar-refractivity contribution in [3.63, 3.8) is 0 Å². The Morgan fingerprint density at radius 2 is 2.30 bits per heavy atom. The summed E-state index contributed by atoms with van der Waals surface area (Å²) in [6.07, 6.45) is 3.20. The van der Waals surface area contributed by atoms with E-state index in [0.717, 1.165) is 39.1 Å². The summed E-state index contributed by atoms with van der Waals surface area (Å²) in [5.74, 6) is 0.101. The Kier molecular flexibility index (Phi) is 7.80. The van der Waals surface area contributed by atoms with Crippen LogP contribution in [-0.2, 0) is 14.3 Å². The molecule has 0 aromatic heterocycles. The highest BCUT2D eigenvalue weighted by Gasteiger charge is 2.26. The molecular formula is C14H27ClN2O3. The number of halogens is 1. The molecule has 0 aliphatic carbocycles. The molecular weight excluding hydrogens is 280 g/mol. The van der Waals surface area contributed by atoms with Crippen molar-refractivity contribution in [2.45, 2.75) is 51.4 Å². The Bertz CT molecular complexity index is 298. The standard InChI is InChI=1S/C14H26N2O3.ClH/c1-11-9-16(7-6-15-11)14(17)12(2)19-10-13-5-3-4-8-18-13;/h11-13,15H,3-10H2,1-2H3;1H. The van der Waals surface area contributed by atoms with E-state index >= 15 is 0 Å². The van der Waals surface area contributed by atoms with Gasteiger partial charge in [0.15, 0.2) is 0 Å². The molecule has 118 valence electrons. The highest BCUT2D eigenvalue weighted by Crippen LogP contribution is 2.14. The number of nitrogens with one attached hydrogen (secondary N) is 1. The van der Waals surface area contributed by atoms with Crippen LogP contribution < -0.4 is 5.32 Å². The first-order chi connectivity index (χ1) is 9.16. The number of nitrogens with zero attached hydrogens (tertiary/aromatic N) is 1. The van der Waals surface area contributed by atoms with Crippen molar-refractivity contribution >= 4 is 18.3 Å². The molecule has 3 unspecified atom stereocenters. The van der Waals surface area contributed by atoms with Crippen LogP contribution >= 0.6 is 12.4 Å². The molecule has 0 spiro atoms. The maximum absolute atomic E-state index is 12.2. The summed E-state index contributed by atoms with van der Waals surface area (Å²) in [4.78, 5) is 14.1. The van der Waals surface area contributed by atoms with Crippen LogP contribution in [0.25, 0.3) is 0 Å². The Morgan fingerprint density at radius 1 is 1.50 bits per heavy atom. The van der Waals surface area contributed by atoms with E-state index in [0.29, 0.717) is 12.6 Å². The molecule has 6 heteroatoms. The summed E-state index contributed by atoms with van der Waals surface area (Å²) in [6.45, 7) is 7.72. The first-order valence-corrected chi connectivity index (χ1v) is 7.42. The Balaban J connectivity index is 0.00000200. The number of rotatable bonds is 4. The molecule has 0 aromatic rings. The predicted molar refractivity (Wildman–Crippen MR) is 80.3 cm³/mol. The zero-order valence-corrected chi connectivity index (χ0v) is 13.3. The van der Waals surface area contributed by atoms with Gasteiger partial charge in [0.05, 0.1) is 12.7 Å². The summed E-state index contributed by atoms with van der Waals surface area (Å²) in [5.41, 5.74) is 0. The average molecular weight is 307 g/mol. The molecule has 2 aliphatic heterocycles. The van der Waals surface area contributed by atoms with Crippen LogP contribution in [0.15, 0.2) is 0 Å². The van der Waals surface area contributed by atoms with Gasteiger partial charge >= 0.3 is 0 Å². The van der Waals surface area contributed by atoms with E-state index in [9.17, 15) is 4.79 Å². The number of hydrogen-bond donors (Lipinski definition) is 1. The van der Waals surface area contributed by atoms with Crippen LogP contribution in [0.3, 0.4) is 0 Å². The fourth-order valence-electron chi connectivity index (χ4n) is 2.65. The largest absolute Gasteiger partial charge is 0.376 e. The number of carbonyl (C=O) groups excluding carboxylic acids is 1. The Labute approximate surface area is 127 Å². The summed E-state index contributed by atoms with van der Waals surface area (Å²) >= 11 is 0. The van der Waals surface area contributed by atoms with Gasteiger partial charge in [-0.25, -0.2) is 0 Å². The number of amides is 1. The number of piperazine rings is 1. The molecule has 2 rings (SSSR count). The van der Waals surface area contributed by atoms with E-state index in [4.69, 9.17) is 9.47 Å². The lowest BCUT2D eigenvalue weighted by molar-refractivity contribution is -0.147. The fraction of sp³-hybridized carbons (Fsp3) is 0.929. The van der Waals surface area contributed by atoms with E-state index in [-0.39, 0.29) is 30.5 Å². The molecule has 1 amide bonds. The van der Waals surface area contributed by atoms with Gasteiger partial charge in [0.1, 0.15) is 6.10 Å². The van der Waals surface area contributed by atoms with Gasteiger partial charge in [-0.1, -0.05) is 0 Å². The maximum atomic E-state index is 12.2. The lowest BCUT2D eigenvalue weighted by Gasteiger charge is -2.34. The highest BCUT2D eigenvalue weighted by atomic mass is 35.5. The summed E-state index contributed by atoms with van der Waals surface area (Å²) in [7, 11) is 0. The zero-order chi connectivity index (χ0) is 13.7. The van der Waals surface area contributed by atoms with Crippen molar-refractivity contribution in [3.8, 4) is 0 Å². The molecule has 0 aromatic carbocycles. The predicted octanol–water partition coefficient (Wildman–Crippen LogP) is 1.20. The van der Waals surface area contributed by atoms with Crippen LogP contribution in [0.1, 0.15) is 33.1 Å². The highest BCUT2D eigenvalue weighted by molar-refractivity contribution is 5.85. The van der Waals surface area contributed by atoms with E-state index in [1.165, 1.54) is 6.42 Å². The summed E-state index contributed by atoms with van der Waals surface area (Å²) < 4.78 is 11.3. The molecule has 20 heavy (non-hydrogen) atoms. The van der Waals surface area contributed by atoms with E-state index in [1.54, 1.807) is 0 Å². The minimum absolute atomic E-state index is 0. The van der Waals surface area contributed by atoms with E-state index < -0.39 is 0 Å². The quantitative estimate of drug-likeness (QED) is 0.848. The zero-order valence-electron chi connectivity index (χ0n) is 12.5. The van der Waals surface area contributed by atoms with Crippen molar-refractivity contribution in [2.75, 3.05) is 32.8 Å². The second-order valence-corrected chi connectivity index (χ2v) is 5.60. The topological polar surface area (TPSA) is 50.8 Å². The van der Waals surface area contributed by atoms with Crippen molar-refractivity contribution in [3.05, 3.63) is 0 Å². The van der Waals surface area contributed by atoms with E-state index in [1.807, 2.05) is 11.8 Å². The van der Waals surface area contributed by atoms with E-state index in [2.05, 4.69) is 12.2 Å². The third kappa shape index (κ3) is 5.20. The van der Waals surface area contributed by atoms with Gasteiger partial charge < -0.3 is 19.7 Å². The van der Waals surface area contributed by atoms with Crippen molar-refractivity contribution < 1.29 is 14.3 Å². The second-order valence-electron chi connectivity index (χ2n) is 5.60. The molecule has 2 aliphatic rings. The molecule has 0 saturated carbocycles. The number of carbonyl (C=O) groups is 1. The van der Waals surface area contributed by atoms with Crippen molar-refractivity contribution in [1.82, 2.24) is 10.2 Å².